The number of hydrogen-bond acceptors (Lipinski definition) is 6. The van der Waals surface area contributed by atoms with Gasteiger partial charge in [-0.3, -0.25) is 0 Å². The molecule has 6 nitrogen and oxygen atoms in total. The standard InChI is InChI=1S/C26H32O6/c1-18(14-28-16-20-10-12-21(27-4)13-11-20)23-22(17-29-15-19-8-6-5-7-9-19)24-25(30-23)32-26(2,3)31-24/h5-13,22-25H,1,14-17H2,2-4H3/t22-,23-,24-,25-/m1/s1. The molecule has 2 saturated heterocycles. The van der Waals surface area contributed by atoms with E-state index in [9.17, 15) is 0 Å². The van der Waals surface area contributed by atoms with Crippen molar-refractivity contribution in [2.24, 2.45) is 5.92 Å². The molecule has 2 aromatic rings. The van der Waals surface area contributed by atoms with Crippen molar-refractivity contribution in [2.75, 3.05) is 20.3 Å². The Morgan fingerprint density at radius 1 is 0.938 bits per heavy atom. The van der Waals surface area contributed by atoms with E-state index in [1.807, 2.05) is 56.3 Å². The SMILES string of the molecule is C=C(COCc1ccc(OC)cc1)[C@H]1O[C@@H]2OC(C)(C)O[C@@H]2[C@@H]1COCc1ccccc1. The Morgan fingerprint density at radius 2 is 1.62 bits per heavy atom. The van der Waals surface area contributed by atoms with Crippen LogP contribution in [0.1, 0.15) is 25.0 Å². The monoisotopic (exact) mass is 440 g/mol. The van der Waals surface area contributed by atoms with Crippen molar-refractivity contribution >= 4 is 0 Å². The van der Waals surface area contributed by atoms with Gasteiger partial charge < -0.3 is 28.4 Å². The number of hydrogen-bond donors (Lipinski definition) is 0. The molecule has 0 N–H and O–H groups in total. The lowest BCUT2D eigenvalue weighted by Gasteiger charge is -2.27. The fraction of sp³-hybridized carbons (Fsp3) is 0.462. The molecule has 2 aliphatic heterocycles. The first-order valence-corrected chi connectivity index (χ1v) is 11.0. The van der Waals surface area contributed by atoms with Crippen molar-refractivity contribution in [2.45, 2.75) is 51.3 Å². The van der Waals surface area contributed by atoms with Gasteiger partial charge in [-0.05, 0) is 42.7 Å². The van der Waals surface area contributed by atoms with E-state index in [2.05, 4.69) is 18.7 Å². The summed E-state index contributed by atoms with van der Waals surface area (Å²) in [6.07, 6.45) is -0.893. The molecule has 172 valence electrons. The van der Waals surface area contributed by atoms with E-state index in [-0.39, 0.29) is 18.1 Å². The summed E-state index contributed by atoms with van der Waals surface area (Å²) >= 11 is 0. The smallest absolute Gasteiger partial charge is 0.188 e. The molecule has 0 aliphatic carbocycles. The molecule has 0 saturated carbocycles. The highest BCUT2D eigenvalue weighted by atomic mass is 16.8. The van der Waals surface area contributed by atoms with Crippen molar-refractivity contribution in [3.8, 4) is 5.75 Å². The van der Waals surface area contributed by atoms with E-state index in [0.29, 0.717) is 26.4 Å². The summed E-state index contributed by atoms with van der Waals surface area (Å²) in [7, 11) is 1.65. The maximum atomic E-state index is 6.21. The number of methoxy groups -OCH3 is 1. The fourth-order valence-corrected chi connectivity index (χ4v) is 4.14. The average Bonchev–Trinajstić information content (AvgIpc) is 3.27. The van der Waals surface area contributed by atoms with Crippen LogP contribution in [0.15, 0.2) is 66.7 Å². The number of rotatable bonds is 10. The Bertz CT molecular complexity index is 879. The Labute approximate surface area is 190 Å². The minimum atomic E-state index is -0.676. The van der Waals surface area contributed by atoms with Gasteiger partial charge in [-0.15, -0.1) is 0 Å². The van der Waals surface area contributed by atoms with Crippen LogP contribution in [0, 0.1) is 5.92 Å². The van der Waals surface area contributed by atoms with Gasteiger partial charge in [-0.2, -0.15) is 0 Å². The molecule has 2 heterocycles. The molecule has 0 amide bonds. The van der Waals surface area contributed by atoms with E-state index in [1.54, 1.807) is 7.11 Å². The normalized spacial score (nSPS) is 26.1. The molecule has 0 unspecified atom stereocenters. The van der Waals surface area contributed by atoms with Gasteiger partial charge in [0.05, 0.1) is 39.6 Å². The number of fused-ring (bicyclic) bond motifs is 1. The maximum Gasteiger partial charge on any atom is 0.188 e. The lowest BCUT2D eigenvalue weighted by atomic mass is 9.94. The highest BCUT2D eigenvalue weighted by Gasteiger charge is 2.55. The van der Waals surface area contributed by atoms with Gasteiger partial charge in [-0.25, -0.2) is 0 Å². The first kappa shape index (κ1) is 23.0. The van der Waals surface area contributed by atoms with Gasteiger partial charge in [0.25, 0.3) is 0 Å². The Balaban J connectivity index is 1.33. The lowest BCUT2D eigenvalue weighted by Crippen LogP contribution is -2.34. The van der Waals surface area contributed by atoms with Crippen LogP contribution in [0.25, 0.3) is 0 Å². The molecule has 0 spiro atoms. The minimum Gasteiger partial charge on any atom is -0.497 e. The largest absolute Gasteiger partial charge is 0.497 e. The fourth-order valence-electron chi connectivity index (χ4n) is 4.14. The molecule has 6 heteroatoms. The van der Waals surface area contributed by atoms with Crippen LogP contribution in [-0.4, -0.2) is 44.6 Å². The molecule has 0 bridgehead atoms. The second kappa shape index (κ2) is 10.1. The molecule has 2 aliphatic rings. The number of ether oxygens (including phenoxy) is 6. The topological polar surface area (TPSA) is 55.4 Å². The molecule has 4 rings (SSSR count). The molecule has 2 fully saturated rings. The van der Waals surface area contributed by atoms with E-state index in [1.165, 1.54) is 0 Å². The van der Waals surface area contributed by atoms with Gasteiger partial charge >= 0.3 is 0 Å². The van der Waals surface area contributed by atoms with Gasteiger partial charge in [0.1, 0.15) is 11.9 Å². The van der Waals surface area contributed by atoms with Crippen LogP contribution in [0.2, 0.25) is 0 Å². The van der Waals surface area contributed by atoms with Gasteiger partial charge in [0, 0.05) is 5.92 Å². The summed E-state index contributed by atoms with van der Waals surface area (Å²) < 4.78 is 35.5. The Hall–Kier alpha value is -2.22. The Morgan fingerprint density at radius 3 is 2.34 bits per heavy atom. The predicted octanol–water partition coefficient (Wildman–Crippen LogP) is 4.48. The summed E-state index contributed by atoms with van der Waals surface area (Å²) in [5.74, 6) is 0.123. The van der Waals surface area contributed by atoms with E-state index in [0.717, 1.165) is 22.4 Å². The summed E-state index contributed by atoms with van der Waals surface area (Å²) in [4.78, 5) is 0. The van der Waals surface area contributed by atoms with Gasteiger partial charge in [0.15, 0.2) is 12.1 Å². The van der Waals surface area contributed by atoms with Gasteiger partial charge in [0.2, 0.25) is 0 Å². The predicted molar refractivity (Wildman–Crippen MR) is 120 cm³/mol. The van der Waals surface area contributed by atoms with Gasteiger partial charge in [-0.1, -0.05) is 49.0 Å². The molecule has 0 aromatic heterocycles. The van der Waals surface area contributed by atoms with E-state index < -0.39 is 12.1 Å². The molecular formula is C26H32O6. The first-order valence-electron chi connectivity index (χ1n) is 11.0. The summed E-state index contributed by atoms with van der Waals surface area (Å²) in [6, 6.07) is 17.9. The average molecular weight is 441 g/mol. The highest BCUT2D eigenvalue weighted by Crippen LogP contribution is 2.42. The Kier molecular flexibility index (Phi) is 7.28. The van der Waals surface area contributed by atoms with Crippen LogP contribution in [0.3, 0.4) is 0 Å². The first-order chi connectivity index (χ1) is 15.4. The van der Waals surface area contributed by atoms with Crippen LogP contribution >= 0.6 is 0 Å². The number of benzene rings is 2. The second-order valence-corrected chi connectivity index (χ2v) is 8.69. The molecule has 2 aromatic carbocycles. The molecular weight excluding hydrogens is 408 g/mol. The molecule has 0 radical (unpaired) electrons. The van der Waals surface area contributed by atoms with E-state index in [4.69, 9.17) is 28.4 Å². The zero-order valence-electron chi connectivity index (χ0n) is 19.0. The second-order valence-electron chi connectivity index (χ2n) is 8.69. The van der Waals surface area contributed by atoms with Crippen molar-refractivity contribution < 1.29 is 28.4 Å². The molecule has 32 heavy (non-hydrogen) atoms. The summed E-state index contributed by atoms with van der Waals surface area (Å²) in [5, 5.41) is 0. The molecule has 4 atom stereocenters. The van der Waals surface area contributed by atoms with Crippen molar-refractivity contribution in [1.29, 1.82) is 0 Å². The van der Waals surface area contributed by atoms with E-state index >= 15 is 0 Å². The maximum absolute atomic E-state index is 6.21. The van der Waals surface area contributed by atoms with Crippen LogP contribution in [-0.2, 0) is 36.9 Å². The summed E-state index contributed by atoms with van der Waals surface area (Å²) in [6.45, 7) is 9.93. The van der Waals surface area contributed by atoms with Crippen molar-refractivity contribution in [1.82, 2.24) is 0 Å². The van der Waals surface area contributed by atoms with Crippen LogP contribution in [0.5, 0.6) is 5.75 Å². The zero-order valence-corrected chi connectivity index (χ0v) is 19.0. The minimum absolute atomic E-state index is 0.0254. The lowest BCUT2D eigenvalue weighted by molar-refractivity contribution is -0.208. The van der Waals surface area contributed by atoms with Crippen LogP contribution in [0.4, 0.5) is 0 Å². The quantitative estimate of drug-likeness (QED) is 0.508. The summed E-state index contributed by atoms with van der Waals surface area (Å²) in [5.41, 5.74) is 3.05. The van der Waals surface area contributed by atoms with Crippen molar-refractivity contribution in [3.63, 3.8) is 0 Å². The van der Waals surface area contributed by atoms with Crippen molar-refractivity contribution in [3.05, 3.63) is 77.9 Å². The third-order valence-corrected chi connectivity index (χ3v) is 5.72. The third kappa shape index (κ3) is 5.57. The zero-order chi connectivity index (χ0) is 22.6. The third-order valence-electron chi connectivity index (χ3n) is 5.72. The highest BCUT2D eigenvalue weighted by molar-refractivity contribution is 5.26. The van der Waals surface area contributed by atoms with Crippen LogP contribution < -0.4 is 4.74 Å².